The number of rotatable bonds is 3. The fourth-order valence-electron chi connectivity index (χ4n) is 3.64. The number of fused-ring (bicyclic) bond motifs is 1. The molecule has 4 rings (SSSR count). The van der Waals surface area contributed by atoms with Gasteiger partial charge in [0.1, 0.15) is 5.58 Å². The molecule has 1 aromatic heterocycles. The summed E-state index contributed by atoms with van der Waals surface area (Å²) < 4.78 is 5.57. The van der Waals surface area contributed by atoms with Crippen molar-refractivity contribution >= 4 is 45.6 Å². The van der Waals surface area contributed by atoms with Crippen molar-refractivity contribution in [3.05, 3.63) is 60.4 Å². The molecule has 1 amide bonds. The summed E-state index contributed by atoms with van der Waals surface area (Å²) in [6.45, 7) is 3.37. The van der Waals surface area contributed by atoms with Crippen LogP contribution < -0.4 is 15.5 Å². The van der Waals surface area contributed by atoms with E-state index in [4.69, 9.17) is 16.6 Å². The topological polar surface area (TPSA) is 57.5 Å². The zero-order valence-corrected chi connectivity index (χ0v) is 16.6. The summed E-state index contributed by atoms with van der Waals surface area (Å²) in [6.07, 6.45) is 3.77. The Morgan fingerprint density at radius 2 is 1.93 bits per heavy atom. The highest BCUT2D eigenvalue weighted by molar-refractivity contribution is 7.80. The van der Waals surface area contributed by atoms with Crippen LogP contribution in [0.1, 0.15) is 36.7 Å². The standard InChI is InChI=1S/C22H23N3O2S/c1-15-6-4-5-13-25(15)18-11-9-17(10-12-18)23-22(28)24-21(26)20-14-16-7-2-3-8-19(16)27-20/h2-3,7-12,14-15H,4-6,13H2,1H3,(H2,23,24,26,28). The Labute approximate surface area is 169 Å². The van der Waals surface area contributed by atoms with E-state index in [-0.39, 0.29) is 16.8 Å². The first-order valence-electron chi connectivity index (χ1n) is 9.58. The lowest BCUT2D eigenvalue weighted by molar-refractivity contribution is 0.0953. The monoisotopic (exact) mass is 393 g/mol. The molecule has 144 valence electrons. The van der Waals surface area contributed by atoms with Gasteiger partial charge in [0, 0.05) is 29.3 Å². The Kier molecular flexibility index (Phi) is 5.30. The first-order valence-corrected chi connectivity index (χ1v) is 9.98. The number of carbonyl (C=O) groups excluding carboxylic acids is 1. The van der Waals surface area contributed by atoms with Crippen molar-refractivity contribution in [2.75, 3.05) is 16.8 Å². The van der Waals surface area contributed by atoms with Crippen molar-refractivity contribution in [2.45, 2.75) is 32.2 Å². The van der Waals surface area contributed by atoms with Crippen LogP contribution in [-0.4, -0.2) is 23.6 Å². The van der Waals surface area contributed by atoms with E-state index >= 15 is 0 Å². The molecule has 2 N–H and O–H groups in total. The van der Waals surface area contributed by atoms with Gasteiger partial charge in [0.2, 0.25) is 0 Å². The van der Waals surface area contributed by atoms with Crippen molar-refractivity contribution in [1.29, 1.82) is 0 Å². The van der Waals surface area contributed by atoms with Gasteiger partial charge >= 0.3 is 0 Å². The van der Waals surface area contributed by atoms with Crippen molar-refractivity contribution in [3.8, 4) is 0 Å². The highest BCUT2D eigenvalue weighted by Crippen LogP contribution is 2.25. The number of hydrogen-bond acceptors (Lipinski definition) is 4. The zero-order valence-electron chi connectivity index (χ0n) is 15.8. The van der Waals surface area contributed by atoms with E-state index in [0.29, 0.717) is 11.6 Å². The summed E-state index contributed by atoms with van der Waals surface area (Å²) in [5.74, 6) is -0.132. The second-order valence-corrected chi connectivity index (χ2v) is 7.55. The molecule has 5 nitrogen and oxygen atoms in total. The Morgan fingerprint density at radius 1 is 1.14 bits per heavy atom. The highest BCUT2D eigenvalue weighted by atomic mass is 32.1. The lowest BCUT2D eigenvalue weighted by atomic mass is 10.0. The fraction of sp³-hybridized carbons (Fsp3) is 0.273. The lowest BCUT2D eigenvalue weighted by Gasteiger charge is -2.35. The number of nitrogens with zero attached hydrogens (tertiary/aromatic N) is 1. The molecule has 0 spiro atoms. The van der Waals surface area contributed by atoms with Gasteiger partial charge in [0.05, 0.1) is 0 Å². The van der Waals surface area contributed by atoms with Gasteiger partial charge in [-0.15, -0.1) is 0 Å². The quantitative estimate of drug-likeness (QED) is 0.618. The number of nitrogens with one attached hydrogen (secondary N) is 2. The number of furan rings is 1. The van der Waals surface area contributed by atoms with E-state index < -0.39 is 0 Å². The second-order valence-electron chi connectivity index (χ2n) is 7.14. The molecule has 0 radical (unpaired) electrons. The van der Waals surface area contributed by atoms with Crippen molar-refractivity contribution in [1.82, 2.24) is 5.32 Å². The van der Waals surface area contributed by atoms with Crippen LogP contribution in [0.3, 0.4) is 0 Å². The summed E-state index contributed by atoms with van der Waals surface area (Å²) >= 11 is 5.27. The van der Waals surface area contributed by atoms with Gasteiger partial charge in [0.25, 0.3) is 5.91 Å². The number of piperidine rings is 1. The summed E-state index contributed by atoms with van der Waals surface area (Å²) in [5, 5.41) is 6.85. The van der Waals surface area contributed by atoms with Crippen LogP contribution in [0.2, 0.25) is 0 Å². The molecule has 1 saturated heterocycles. The molecule has 1 aliphatic rings. The highest BCUT2D eigenvalue weighted by Gasteiger charge is 2.18. The molecule has 1 fully saturated rings. The van der Waals surface area contributed by atoms with Gasteiger partial charge in [-0.2, -0.15) is 0 Å². The molecule has 1 atom stereocenters. The molecular formula is C22H23N3O2S. The summed E-state index contributed by atoms with van der Waals surface area (Å²) in [4.78, 5) is 14.8. The first-order chi connectivity index (χ1) is 13.6. The Morgan fingerprint density at radius 3 is 2.68 bits per heavy atom. The normalized spacial score (nSPS) is 16.8. The van der Waals surface area contributed by atoms with Crippen LogP contribution in [0, 0.1) is 0 Å². The zero-order chi connectivity index (χ0) is 19.5. The second kappa shape index (κ2) is 8.02. The van der Waals surface area contributed by atoms with E-state index in [1.54, 1.807) is 6.07 Å². The third-order valence-corrected chi connectivity index (χ3v) is 5.34. The molecule has 2 aromatic carbocycles. The maximum atomic E-state index is 12.4. The van der Waals surface area contributed by atoms with Crippen molar-refractivity contribution in [2.24, 2.45) is 0 Å². The third kappa shape index (κ3) is 4.02. The van der Waals surface area contributed by atoms with E-state index in [9.17, 15) is 4.79 Å². The van der Waals surface area contributed by atoms with Gasteiger partial charge in [-0.1, -0.05) is 18.2 Å². The van der Waals surface area contributed by atoms with E-state index in [1.807, 2.05) is 36.4 Å². The van der Waals surface area contributed by atoms with E-state index in [0.717, 1.165) is 17.6 Å². The number of amides is 1. The lowest BCUT2D eigenvalue weighted by Crippen LogP contribution is -2.37. The van der Waals surface area contributed by atoms with Crippen LogP contribution in [0.15, 0.2) is 59.0 Å². The van der Waals surface area contributed by atoms with Gasteiger partial charge in [-0.3, -0.25) is 10.1 Å². The predicted molar refractivity (Wildman–Crippen MR) is 117 cm³/mol. The van der Waals surface area contributed by atoms with Crippen molar-refractivity contribution < 1.29 is 9.21 Å². The third-order valence-electron chi connectivity index (χ3n) is 5.14. The summed E-state index contributed by atoms with van der Waals surface area (Å²) in [6, 6.07) is 17.9. The maximum Gasteiger partial charge on any atom is 0.293 e. The minimum Gasteiger partial charge on any atom is -0.451 e. The van der Waals surface area contributed by atoms with Crippen LogP contribution >= 0.6 is 12.2 Å². The van der Waals surface area contributed by atoms with Crippen LogP contribution in [-0.2, 0) is 0 Å². The van der Waals surface area contributed by atoms with Gasteiger partial charge in [-0.05, 0) is 74.8 Å². The minimum absolute atomic E-state index is 0.236. The molecule has 0 aliphatic carbocycles. The van der Waals surface area contributed by atoms with Gasteiger partial charge in [0.15, 0.2) is 10.9 Å². The molecular weight excluding hydrogens is 370 g/mol. The molecule has 3 aromatic rings. The molecule has 1 aliphatic heterocycles. The minimum atomic E-state index is -0.368. The van der Waals surface area contributed by atoms with Crippen LogP contribution in [0.5, 0.6) is 0 Å². The van der Waals surface area contributed by atoms with Gasteiger partial charge in [-0.25, -0.2) is 0 Å². The van der Waals surface area contributed by atoms with E-state index in [2.05, 4.69) is 34.6 Å². The van der Waals surface area contributed by atoms with Crippen LogP contribution in [0.4, 0.5) is 11.4 Å². The number of thiocarbonyl (C=S) groups is 1. The molecule has 28 heavy (non-hydrogen) atoms. The number of hydrogen-bond donors (Lipinski definition) is 2. The average Bonchev–Trinajstić information content (AvgIpc) is 3.13. The Balaban J connectivity index is 1.37. The number of benzene rings is 2. The molecule has 6 heteroatoms. The summed E-state index contributed by atoms with van der Waals surface area (Å²) in [7, 11) is 0. The SMILES string of the molecule is CC1CCCCN1c1ccc(NC(=S)NC(=O)c2cc3ccccc3o2)cc1. The predicted octanol–water partition coefficient (Wildman–Crippen LogP) is 4.94. The Hall–Kier alpha value is -2.86. The number of para-hydroxylation sites is 1. The average molecular weight is 394 g/mol. The number of carbonyl (C=O) groups is 1. The largest absolute Gasteiger partial charge is 0.451 e. The first kappa shape index (κ1) is 18.5. The fourth-order valence-corrected chi connectivity index (χ4v) is 3.85. The van der Waals surface area contributed by atoms with Crippen molar-refractivity contribution in [3.63, 3.8) is 0 Å². The van der Waals surface area contributed by atoms with Gasteiger partial charge < -0.3 is 14.6 Å². The molecule has 0 saturated carbocycles. The molecule has 0 bridgehead atoms. The molecule has 1 unspecified atom stereocenters. The molecule has 2 heterocycles. The number of anilines is 2. The summed E-state index contributed by atoms with van der Waals surface area (Å²) in [5.41, 5.74) is 2.73. The van der Waals surface area contributed by atoms with E-state index in [1.165, 1.54) is 24.9 Å². The Bertz CT molecular complexity index is 963. The van der Waals surface area contributed by atoms with Crippen LogP contribution in [0.25, 0.3) is 11.0 Å². The smallest absolute Gasteiger partial charge is 0.293 e. The maximum absolute atomic E-state index is 12.4.